The highest BCUT2D eigenvalue weighted by Crippen LogP contribution is 2.14. The van der Waals surface area contributed by atoms with E-state index in [-0.39, 0.29) is 11.9 Å². The summed E-state index contributed by atoms with van der Waals surface area (Å²) in [6.07, 6.45) is 1.06. The van der Waals surface area contributed by atoms with Crippen LogP contribution < -0.4 is 11.1 Å². The minimum absolute atomic E-state index is 0.133. The van der Waals surface area contributed by atoms with E-state index in [9.17, 15) is 4.79 Å². The molecule has 0 saturated carbocycles. The molecular weight excluding hydrogens is 222 g/mol. The van der Waals surface area contributed by atoms with E-state index in [4.69, 9.17) is 10.2 Å². The number of carbonyl (C=O) groups is 1. The summed E-state index contributed by atoms with van der Waals surface area (Å²) in [6, 6.07) is 0.155. The third-order valence-electron chi connectivity index (χ3n) is 2.84. The molecule has 1 aliphatic heterocycles. The Balaban J connectivity index is 1.78. The number of nitrogens with two attached hydrogens (primary N) is 1. The van der Waals surface area contributed by atoms with E-state index in [1.165, 1.54) is 0 Å². The standard InChI is InChI=1S/C10H17N5O2/c1-7-13-14-10(17-7)12-9(16)6-15-3-2-8(4-11)5-15/h8H,2-6,11H2,1H3,(H,12,14,16). The second-order valence-electron chi connectivity index (χ2n) is 4.30. The zero-order valence-corrected chi connectivity index (χ0v) is 9.85. The van der Waals surface area contributed by atoms with Crippen LogP contribution in [0.5, 0.6) is 0 Å². The molecule has 1 unspecified atom stereocenters. The van der Waals surface area contributed by atoms with Crippen LogP contribution in [0.1, 0.15) is 12.3 Å². The highest BCUT2D eigenvalue weighted by molar-refractivity contribution is 5.90. The number of aromatic nitrogens is 2. The highest BCUT2D eigenvalue weighted by Gasteiger charge is 2.23. The second-order valence-corrected chi connectivity index (χ2v) is 4.30. The van der Waals surface area contributed by atoms with Gasteiger partial charge in [0, 0.05) is 13.5 Å². The number of nitrogens with one attached hydrogen (secondary N) is 1. The van der Waals surface area contributed by atoms with Crippen LogP contribution in [0.3, 0.4) is 0 Å². The molecule has 1 aromatic heterocycles. The molecule has 1 amide bonds. The van der Waals surface area contributed by atoms with Gasteiger partial charge in [0.05, 0.1) is 6.54 Å². The maximum atomic E-state index is 11.7. The molecule has 2 heterocycles. The third-order valence-corrected chi connectivity index (χ3v) is 2.84. The normalized spacial score (nSPS) is 20.7. The SMILES string of the molecule is Cc1nnc(NC(=O)CN2CCC(CN)C2)o1. The van der Waals surface area contributed by atoms with Crippen LogP contribution in [0.4, 0.5) is 6.01 Å². The largest absolute Gasteiger partial charge is 0.408 e. The number of aryl methyl sites for hydroxylation is 1. The Hall–Kier alpha value is -1.47. The lowest BCUT2D eigenvalue weighted by Gasteiger charge is -2.13. The average molecular weight is 239 g/mol. The van der Waals surface area contributed by atoms with Crippen molar-refractivity contribution in [3.63, 3.8) is 0 Å². The van der Waals surface area contributed by atoms with E-state index in [0.29, 0.717) is 24.9 Å². The van der Waals surface area contributed by atoms with Gasteiger partial charge in [-0.25, -0.2) is 0 Å². The average Bonchev–Trinajstić information content (AvgIpc) is 2.88. The topological polar surface area (TPSA) is 97.3 Å². The van der Waals surface area contributed by atoms with Crippen LogP contribution in [0, 0.1) is 12.8 Å². The first-order valence-electron chi connectivity index (χ1n) is 5.69. The summed E-state index contributed by atoms with van der Waals surface area (Å²) in [6.45, 7) is 4.50. The van der Waals surface area contributed by atoms with Gasteiger partial charge in [-0.3, -0.25) is 15.0 Å². The van der Waals surface area contributed by atoms with Gasteiger partial charge in [-0.05, 0) is 25.4 Å². The quantitative estimate of drug-likeness (QED) is 0.741. The first-order valence-corrected chi connectivity index (χ1v) is 5.69. The van der Waals surface area contributed by atoms with Gasteiger partial charge >= 0.3 is 6.01 Å². The van der Waals surface area contributed by atoms with E-state index in [1.54, 1.807) is 6.92 Å². The van der Waals surface area contributed by atoms with Crippen molar-refractivity contribution in [1.29, 1.82) is 0 Å². The Morgan fingerprint density at radius 2 is 2.47 bits per heavy atom. The molecule has 7 heteroatoms. The fourth-order valence-corrected chi connectivity index (χ4v) is 1.96. The van der Waals surface area contributed by atoms with E-state index in [0.717, 1.165) is 19.5 Å². The van der Waals surface area contributed by atoms with E-state index in [2.05, 4.69) is 20.4 Å². The molecule has 1 saturated heterocycles. The maximum absolute atomic E-state index is 11.7. The van der Waals surface area contributed by atoms with Gasteiger partial charge in [0.25, 0.3) is 0 Å². The van der Waals surface area contributed by atoms with Gasteiger partial charge in [-0.15, -0.1) is 5.10 Å². The molecule has 0 aromatic carbocycles. The zero-order chi connectivity index (χ0) is 12.3. The number of carbonyl (C=O) groups excluding carboxylic acids is 1. The summed E-state index contributed by atoms with van der Waals surface area (Å²) < 4.78 is 5.07. The molecule has 3 N–H and O–H groups in total. The number of hydrogen-bond donors (Lipinski definition) is 2. The molecule has 0 aliphatic carbocycles. The monoisotopic (exact) mass is 239 g/mol. The van der Waals surface area contributed by atoms with Crippen LogP contribution in [-0.2, 0) is 4.79 Å². The Morgan fingerprint density at radius 1 is 1.65 bits per heavy atom. The molecule has 1 aromatic rings. The fraction of sp³-hybridized carbons (Fsp3) is 0.700. The van der Waals surface area contributed by atoms with Crippen molar-refractivity contribution in [1.82, 2.24) is 15.1 Å². The smallest absolute Gasteiger partial charge is 0.322 e. The van der Waals surface area contributed by atoms with Crippen LogP contribution in [0.2, 0.25) is 0 Å². The number of anilines is 1. The second kappa shape index (κ2) is 5.24. The molecule has 1 fully saturated rings. The maximum Gasteiger partial charge on any atom is 0.322 e. The van der Waals surface area contributed by atoms with Crippen molar-refractivity contribution in [2.45, 2.75) is 13.3 Å². The van der Waals surface area contributed by atoms with Gasteiger partial charge in [0.15, 0.2) is 0 Å². The predicted molar refractivity (Wildman–Crippen MR) is 61.3 cm³/mol. The number of likely N-dealkylation sites (tertiary alicyclic amines) is 1. The molecule has 1 atom stereocenters. The predicted octanol–water partition coefficient (Wildman–Crippen LogP) is -0.403. The lowest BCUT2D eigenvalue weighted by molar-refractivity contribution is -0.117. The minimum Gasteiger partial charge on any atom is -0.408 e. The lowest BCUT2D eigenvalue weighted by atomic mass is 10.1. The first-order chi connectivity index (χ1) is 8.17. The van der Waals surface area contributed by atoms with E-state index in [1.807, 2.05) is 0 Å². The van der Waals surface area contributed by atoms with Gasteiger partial charge in [-0.2, -0.15) is 0 Å². The Bertz CT molecular complexity index is 392. The molecule has 1 aliphatic rings. The van der Waals surface area contributed by atoms with Crippen LogP contribution >= 0.6 is 0 Å². The van der Waals surface area contributed by atoms with Crippen molar-refractivity contribution in [2.24, 2.45) is 11.7 Å². The summed E-state index contributed by atoms with van der Waals surface area (Å²) >= 11 is 0. The van der Waals surface area contributed by atoms with Gasteiger partial charge in [-0.1, -0.05) is 5.10 Å². The molecule has 0 spiro atoms. The van der Waals surface area contributed by atoms with Crippen molar-refractivity contribution in [3.8, 4) is 0 Å². The number of hydrogen-bond acceptors (Lipinski definition) is 6. The molecular formula is C10H17N5O2. The Kier molecular flexibility index (Phi) is 3.70. The number of rotatable bonds is 4. The van der Waals surface area contributed by atoms with Crippen molar-refractivity contribution < 1.29 is 9.21 Å². The molecule has 94 valence electrons. The number of nitrogens with zero attached hydrogens (tertiary/aromatic N) is 3. The van der Waals surface area contributed by atoms with Gasteiger partial charge < -0.3 is 10.2 Å². The van der Waals surface area contributed by atoms with E-state index < -0.39 is 0 Å². The minimum atomic E-state index is -0.133. The Labute approximate surface area is 99.4 Å². The van der Waals surface area contributed by atoms with Crippen LogP contribution in [0.15, 0.2) is 4.42 Å². The third kappa shape index (κ3) is 3.24. The summed E-state index contributed by atoms with van der Waals surface area (Å²) in [5.41, 5.74) is 5.59. The first kappa shape index (κ1) is 12.0. The molecule has 7 nitrogen and oxygen atoms in total. The van der Waals surface area contributed by atoms with E-state index >= 15 is 0 Å². The molecule has 17 heavy (non-hydrogen) atoms. The van der Waals surface area contributed by atoms with Crippen molar-refractivity contribution in [2.75, 3.05) is 31.5 Å². The summed E-state index contributed by atoms with van der Waals surface area (Å²) in [5.74, 6) is 0.810. The molecule has 0 bridgehead atoms. The van der Waals surface area contributed by atoms with Crippen molar-refractivity contribution in [3.05, 3.63) is 5.89 Å². The fourth-order valence-electron chi connectivity index (χ4n) is 1.96. The van der Waals surface area contributed by atoms with Crippen LogP contribution in [0.25, 0.3) is 0 Å². The lowest BCUT2D eigenvalue weighted by Crippen LogP contribution is -2.32. The van der Waals surface area contributed by atoms with Crippen LogP contribution in [-0.4, -0.2) is 47.2 Å². The summed E-state index contributed by atoms with van der Waals surface area (Å²) in [7, 11) is 0. The zero-order valence-electron chi connectivity index (χ0n) is 9.85. The Morgan fingerprint density at radius 3 is 3.06 bits per heavy atom. The van der Waals surface area contributed by atoms with Gasteiger partial charge in [0.1, 0.15) is 0 Å². The van der Waals surface area contributed by atoms with Crippen molar-refractivity contribution >= 4 is 11.9 Å². The molecule has 0 radical (unpaired) electrons. The summed E-state index contributed by atoms with van der Waals surface area (Å²) in [4.78, 5) is 13.7. The number of amides is 1. The highest BCUT2D eigenvalue weighted by atomic mass is 16.4. The molecule has 2 rings (SSSR count). The summed E-state index contributed by atoms with van der Waals surface area (Å²) in [5, 5.41) is 9.91. The van der Waals surface area contributed by atoms with Gasteiger partial charge in [0.2, 0.25) is 11.8 Å².